The molecule has 2 nitrogen and oxygen atoms in total. The van der Waals surface area contributed by atoms with E-state index < -0.39 is 5.82 Å². The molecule has 4 aromatic rings. The van der Waals surface area contributed by atoms with Crippen molar-refractivity contribution in [2.24, 2.45) is 0 Å². The molecule has 0 atom stereocenters. The summed E-state index contributed by atoms with van der Waals surface area (Å²) in [7, 11) is 0. The minimum atomic E-state index is -0.423. The van der Waals surface area contributed by atoms with Gasteiger partial charge in [-0.15, -0.1) is 11.3 Å². The van der Waals surface area contributed by atoms with Gasteiger partial charge in [-0.3, -0.25) is 4.79 Å². The van der Waals surface area contributed by atoms with Crippen LogP contribution in [0.1, 0.15) is 21.5 Å². The van der Waals surface area contributed by atoms with E-state index in [1.54, 1.807) is 12.1 Å². The Morgan fingerprint density at radius 2 is 1.80 bits per heavy atom. The van der Waals surface area contributed by atoms with Crippen molar-refractivity contribution in [2.75, 3.05) is 0 Å². The van der Waals surface area contributed by atoms with Crippen LogP contribution in [0.2, 0.25) is 0 Å². The van der Waals surface area contributed by atoms with Gasteiger partial charge in [-0.05, 0) is 41.8 Å². The summed E-state index contributed by atoms with van der Waals surface area (Å²) in [5.74, 6) is -0.423. The van der Waals surface area contributed by atoms with Gasteiger partial charge >= 0.3 is 0 Å². The number of carbonyl (C=O) groups is 1. The largest absolute Gasteiger partial charge is 0.298 e. The first-order valence-electron chi connectivity index (χ1n) is 7.91. The number of hydrogen-bond acceptors (Lipinski definition) is 3. The number of aromatic nitrogens is 1. The molecule has 122 valence electrons. The Morgan fingerprint density at radius 1 is 0.960 bits per heavy atom. The van der Waals surface area contributed by atoms with E-state index >= 15 is 0 Å². The van der Waals surface area contributed by atoms with Gasteiger partial charge in [0.05, 0.1) is 10.2 Å². The quantitative estimate of drug-likeness (QED) is 0.456. The molecule has 0 fully saturated rings. The van der Waals surface area contributed by atoms with Crippen molar-refractivity contribution >= 4 is 27.8 Å². The second-order valence-corrected chi connectivity index (χ2v) is 6.87. The minimum absolute atomic E-state index is 0.326. The number of thiazole rings is 1. The highest BCUT2D eigenvalue weighted by Gasteiger charge is 2.12. The molecular weight excluding hydrogens is 333 g/mol. The topological polar surface area (TPSA) is 30.0 Å². The van der Waals surface area contributed by atoms with Crippen LogP contribution in [-0.2, 0) is 6.42 Å². The molecule has 4 rings (SSSR count). The molecule has 0 aliphatic heterocycles. The molecular formula is C21H14FNOS. The number of benzene rings is 3. The van der Waals surface area contributed by atoms with Crippen LogP contribution in [0.25, 0.3) is 20.8 Å². The Hall–Kier alpha value is -2.85. The molecule has 0 bridgehead atoms. The smallest absolute Gasteiger partial charge is 0.150 e. The number of hydrogen-bond donors (Lipinski definition) is 0. The fraction of sp³-hybridized carbons (Fsp3) is 0.0476. The Labute approximate surface area is 148 Å². The average Bonchev–Trinajstić information content (AvgIpc) is 3.05. The molecule has 0 unspecified atom stereocenters. The van der Waals surface area contributed by atoms with Gasteiger partial charge in [0.25, 0.3) is 0 Å². The lowest BCUT2D eigenvalue weighted by atomic mass is 10.1. The predicted molar refractivity (Wildman–Crippen MR) is 99.6 cm³/mol. The first kappa shape index (κ1) is 15.7. The van der Waals surface area contributed by atoms with Crippen molar-refractivity contribution in [3.63, 3.8) is 0 Å². The summed E-state index contributed by atoms with van der Waals surface area (Å²) >= 11 is 1.45. The van der Waals surface area contributed by atoms with E-state index in [9.17, 15) is 9.18 Å². The molecule has 0 radical (unpaired) electrons. The molecule has 0 aliphatic rings. The third-order valence-corrected chi connectivity index (χ3v) is 5.13. The SMILES string of the molecule is O=Cc1ccc(-c2nc3cc(Cc4ccccc4)ccc3s2)c(F)c1. The van der Waals surface area contributed by atoms with Crippen molar-refractivity contribution in [3.8, 4) is 10.6 Å². The highest BCUT2D eigenvalue weighted by atomic mass is 32.1. The minimum Gasteiger partial charge on any atom is -0.298 e. The van der Waals surface area contributed by atoms with Crippen molar-refractivity contribution in [2.45, 2.75) is 6.42 Å². The lowest BCUT2D eigenvalue weighted by Crippen LogP contribution is -1.88. The summed E-state index contributed by atoms with van der Waals surface area (Å²) in [6.07, 6.45) is 1.48. The van der Waals surface area contributed by atoms with Crippen molar-refractivity contribution in [1.29, 1.82) is 0 Å². The van der Waals surface area contributed by atoms with E-state index in [1.807, 2.05) is 24.3 Å². The zero-order chi connectivity index (χ0) is 17.2. The summed E-state index contributed by atoms with van der Waals surface area (Å²) in [5, 5.41) is 0.627. The fourth-order valence-electron chi connectivity index (χ4n) is 2.81. The van der Waals surface area contributed by atoms with E-state index in [2.05, 4.69) is 29.2 Å². The van der Waals surface area contributed by atoms with E-state index in [4.69, 9.17) is 0 Å². The maximum absolute atomic E-state index is 14.2. The average molecular weight is 347 g/mol. The van der Waals surface area contributed by atoms with Crippen molar-refractivity contribution < 1.29 is 9.18 Å². The molecule has 0 saturated carbocycles. The number of aldehydes is 1. The Kier molecular flexibility index (Phi) is 4.12. The Morgan fingerprint density at radius 3 is 2.56 bits per heavy atom. The lowest BCUT2D eigenvalue weighted by molar-refractivity contribution is 0.112. The Bertz CT molecular complexity index is 1060. The second-order valence-electron chi connectivity index (χ2n) is 5.84. The van der Waals surface area contributed by atoms with Gasteiger partial charge in [0.1, 0.15) is 17.1 Å². The monoisotopic (exact) mass is 347 g/mol. The van der Waals surface area contributed by atoms with E-state index in [0.29, 0.717) is 22.4 Å². The number of rotatable bonds is 4. The zero-order valence-corrected chi connectivity index (χ0v) is 14.1. The maximum atomic E-state index is 14.2. The van der Waals surface area contributed by atoms with Gasteiger partial charge in [0.15, 0.2) is 0 Å². The van der Waals surface area contributed by atoms with Crippen LogP contribution in [0.4, 0.5) is 4.39 Å². The van der Waals surface area contributed by atoms with Gasteiger partial charge in [-0.25, -0.2) is 9.37 Å². The predicted octanol–water partition coefficient (Wildman–Crippen LogP) is 5.51. The third-order valence-electron chi connectivity index (χ3n) is 4.06. The van der Waals surface area contributed by atoms with E-state index in [1.165, 1.54) is 28.5 Å². The number of halogens is 1. The molecule has 0 saturated heterocycles. The number of nitrogens with zero attached hydrogens (tertiary/aromatic N) is 1. The molecule has 0 aliphatic carbocycles. The van der Waals surface area contributed by atoms with Gasteiger partial charge in [0, 0.05) is 11.1 Å². The summed E-state index contributed by atoms with van der Waals surface area (Å²) in [6, 6.07) is 20.9. The second kappa shape index (κ2) is 6.57. The molecule has 0 spiro atoms. The highest BCUT2D eigenvalue weighted by molar-refractivity contribution is 7.21. The first-order valence-corrected chi connectivity index (χ1v) is 8.73. The van der Waals surface area contributed by atoms with Crippen LogP contribution in [0.3, 0.4) is 0 Å². The van der Waals surface area contributed by atoms with Crippen molar-refractivity contribution in [3.05, 3.63) is 89.2 Å². The molecule has 25 heavy (non-hydrogen) atoms. The van der Waals surface area contributed by atoms with Gasteiger partial charge in [-0.2, -0.15) is 0 Å². The van der Waals surface area contributed by atoms with Crippen LogP contribution < -0.4 is 0 Å². The summed E-state index contributed by atoms with van der Waals surface area (Å²) < 4.78 is 15.2. The van der Waals surface area contributed by atoms with Gasteiger partial charge < -0.3 is 0 Å². The summed E-state index contributed by atoms with van der Waals surface area (Å²) in [6.45, 7) is 0. The maximum Gasteiger partial charge on any atom is 0.150 e. The zero-order valence-electron chi connectivity index (χ0n) is 13.3. The molecule has 3 aromatic carbocycles. The molecule has 0 N–H and O–H groups in total. The summed E-state index contributed by atoms with van der Waals surface area (Å²) in [5.41, 5.74) is 4.04. The highest BCUT2D eigenvalue weighted by Crippen LogP contribution is 2.32. The van der Waals surface area contributed by atoms with Gasteiger partial charge in [-0.1, -0.05) is 42.5 Å². The molecule has 1 heterocycles. The first-order chi connectivity index (χ1) is 12.2. The van der Waals surface area contributed by atoms with E-state index in [0.717, 1.165) is 16.6 Å². The number of fused-ring (bicyclic) bond motifs is 1. The van der Waals surface area contributed by atoms with Crippen LogP contribution >= 0.6 is 11.3 Å². The van der Waals surface area contributed by atoms with Crippen LogP contribution in [0.5, 0.6) is 0 Å². The molecule has 0 amide bonds. The fourth-order valence-corrected chi connectivity index (χ4v) is 3.78. The lowest BCUT2D eigenvalue weighted by Gasteiger charge is -2.01. The van der Waals surface area contributed by atoms with Crippen molar-refractivity contribution in [1.82, 2.24) is 4.98 Å². The Balaban J connectivity index is 1.70. The normalized spacial score (nSPS) is 10.9. The van der Waals surface area contributed by atoms with Crippen LogP contribution in [-0.4, -0.2) is 11.3 Å². The van der Waals surface area contributed by atoms with Crippen LogP contribution in [0.15, 0.2) is 66.7 Å². The summed E-state index contributed by atoms with van der Waals surface area (Å²) in [4.78, 5) is 15.3. The van der Waals surface area contributed by atoms with Crippen LogP contribution in [0, 0.1) is 5.82 Å². The number of carbonyl (C=O) groups excluding carboxylic acids is 1. The van der Waals surface area contributed by atoms with Gasteiger partial charge in [0.2, 0.25) is 0 Å². The van der Waals surface area contributed by atoms with E-state index in [-0.39, 0.29) is 0 Å². The third kappa shape index (κ3) is 3.21. The standard InChI is InChI=1S/C21H14FNOS/c22-18-11-16(13-24)6-8-17(18)21-23-19-12-15(7-9-20(19)25-21)10-14-4-2-1-3-5-14/h1-9,11-13H,10H2. The molecule has 4 heteroatoms. The molecule has 1 aromatic heterocycles.